The molecule has 1 aliphatic rings. The van der Waals surface area contributed by atoms with Gasteiger partial charge in [-0.3, -0.25) is 9.10 Å². The van der Waals surface area contributed by atoms with Crippen molar-refractivity contribution in [1.29, 1.82) is 0 Å². The molecular weight excluding hydrogens is 422 g/mol. The highest BCUT2D eigenvalue weighted by molar-refractivity contribution is 7.92. The normalized spacial score (nSPS) is 14.3. The summed E-state index contributed by atoms with van der Waals surface area (Å²) in [5.74, 6) is -0.0269. The molecule has 0 aromatic heterocycles. The second-order valence-electron chi connectivity index (χ2n) is 7.90. The highest BCUT2D eigenvalue weighted by atomic mass is 32.2. The Morgan fingerprint density at radius 3 is 2.03 bits per heavy atom. The van der Waals surface area contributed by atoms with Crippen LogP contribution in [0.4, 0.5) is 11.4 Å². The minimum Gasteiger partial charge on any atom is -0.368 e. The summed E-state index contributed by atoms with van der Waals surface area (Å²) in [6, 6.07) is 23.7. The first kappa shape index (κ1) is 21.9. The largest absolute Gasteiger partial charge is 0.368 e. The number of benzene rings is 3. The zero-order valence-corrected chi connectivity index (χ0v) is 19.1. The number of hydrogen-bond donors (Lipinski definition) is 0. The number of carbonyl (C=O) groups excluding carboxylic acids is 1. The van der Waals surface area contributed by atoms with Crippen molar-refractivity contribution in [3.8, 4) is 0 Å². The van der Waals surface area contributed by atoms with Crippen LogP contribution in [0.5, 0.6) is 0 Å². The average Bonchev–Trinajstić information content (AvgIpc) is 2.84. The molecule has 1 saturated heterocycles. The second-order valence-corrected chi connectivity index (χ2v) is 9.87. The van der Waals surface area contributed by atoms with Crippen LogP contribution in [0.2, 0.25) is 0 Å². The smallest absolute Gasteiger partial charge is 0.264 e. The summed E-state index contributed by atoms with van der Waals surface area (Å²) < 4.78 is 27.2. The fraction of sp³-hybridized carbons (Fsp3) is 0.240. The third-order valence-electron chi connectivity index (χ3n) is 5.87. The average molecular weight is 450 g/mol. The van der Waals surface area contributed by atoms with Crippen LogP contribution in [-0.2, 0) is 10.0 Å². The van der Waals surface area contributed by atoms with Crippen LogP contribution in [0.3, 0.4) is 0 Å². The van der Waals surface area contributed by atoms with Crippen molar-refractivity contribution in [2.75, 3.05) is 42.4 Å². The number of amides is 1. The lowest BCUT2D eigenvalue weighted by Crippen LogP contribution is -2.48. The lowest BCUT2D eigenvalue weighted by molar-refractivity contribution is 0.0746. The standard InChI is InChI=1S/C25H27N3O3S/c1-20-19-21(13-14-24(20)26(2)32(30,31)23-11-7-4-8-12-23)25(29)28-17-15-27(16-18-28)22-9-5-3-6-10-22/h3-14,19H,15-18H2,1-2H3. The minimum absolute atomic E-state index is 0.0269. The molecular formula is C25H27N3O3S. The number of anilines is 2. The van der Waals surface area contributed by atoms with Gasteiger partial charge in [0.05, 0.1) is 10.6 Å². The lowest BCUT2D eigenvalue weighted by atomic mass is 10.1. The van der Waals surface area contributed by atoms with Gasteiger partial charge in [0, 0.05) is 44.5 Å². The molecule has 32 heavy (non-hydrogen) atoms. The van der Waals surface area contributed by atoms with Crippen molar-refractivity contribution in [2.24, 2.45) is 0 Å². The van der Waals surface area contributed by atoms with Gasteiger partial charge in [0.15, 0.2) is 0 Å². The molecule has 166 valence electrons. The van der Waals surface area contributed by atoms with Gasteiger partial charge in [0.25, 0.3) is 15.9 Å². The van der Waals surface area contributed by atoms with Crippen LogP contribution >= 0.6 is 0 Å². The monoisotopic (exact) mass is 449 g/mol. The van der Waals surface area contributed by atoms with Crippen LogP contribution < -0.4 is 9.21 Å². The molecule has 3 aromatic carbocycles. The zero-order chi connectivity index (χ0) is 22.7. The van der Waals surface area contributed by atoms with E-state index in [1.165, 1.54) is 17.0 Å². The van der Waals surface area contributed by atoms with Crippen molar-refractivity contribution < 1.29 is 13.2 Å². The molecule has 4 rings (SSSR count). The minimum atomic E-state index is -3.67. The maximum Gasteiger partial charge on any atom is 0.264 e. The zero-order valence-electron chi connectivity index (χ0n) is 18.3. The van der Waals surface area contributed by atoms with E-state index in [-0.39, 0.29) is 10.8 Å². The number of nitrogens with zero attached hydrogens (tertiary/aromatic N) is 3. The van der Waals surface area contributed by atoms with E-state index in [0.717, 1.165) is 18.7 Å². The molecule has 3 aromatic rings. The molecule has 0 unspecified atom stereocenters. The fourth-order valence-corrected chi connectivity index (χ4v) is 5.29. The number of sulfonamides is 1. The molecule has 1 aliphatic heterocycles. The molecule has 0 radical (unpaired) electrons. The summed E-state index contributed by atoms with van der Waals surface area (Å²) in [5.41, 5.74) is 3.03. The maximum atomic E-state index is 13.1. The summed E-state index contributed by atoms with van der Waals surface area (Å²) in [4.78, 5) is 17.4. The van der Waals surface area contributed by atoms with E-state index in [0.29, 0.717) is 24.3 Å². The summed E-state index contributed by atoms with van der Waals surface area (Å²) in [7, 11) is -2.13. The summed E-state index contributed by atoms with van der Waals surface area (Å²) in [5, 5.41) is 0. The topological polar surface area (TPSA) is 60.9 Å². The van der Waals surface area contributed by atoms with Crippen LogP contribution in [0, 0.1) is 6.92 Å². The molecule has 1 fully saturated rings. The van der Waals surface area contributed by atoms with Gasteiger partial charge in [-0.2, -0.15) is 0 Å². The first-order chi connectivity index (χ1) is 15.4. The molecule has 0 bridgehead atoms. The fourth-order valence-electron chi connectivity index (χ4n) is 4.01. The molecule has 0 aliphatic carbocycles. The Balaban J connectivity index is 1.47. The Morgan fingerprint density at radius 2 is 1.44 bits per heavy atom. The molecule has 0 saturated carbocycles. The second kappa shape index (κ2) is 9.04. The van der Waals surface area contributed by atoms with Crippen LogP contribution in [-0.4, -0.2) is 52.5 Å². The predicted octanol–water partition coefficient (Wildman–Crippen LogP) is 3.78. The van der Waals surface area contributed by atoms with Crippen LogP contribution in [0.15, 0.2) is 83.8 Å². The number of hydrogen-bond acceptors (Lipinski definition) is 4. The predicted molar refractivity (Wildman–Crippen MR) is 128 cm³/mol. The van der Waals surface area contributed by atoms with E-state index in [9.17, 15) is 13.2 Å². The lowest BCUT2D eigenvalue weighted by Gasteiger charge is -2.36. The van der Waals surface area contributed by atoms with Gasteiger partial charge in [-0.1, -0.05) is 36.4 Å². The van der Waals surface area contributed by atoms with E-state index in [1.807, 2.05) is 30.0 Å². The van der Waals surface area contributed by atoms with Gasteiger partial charge < -0.3 is 9.80 Å². The number of carbonyl (C=O) groups is 1. The summed E-state index contributed by atoms with van der Waals surface area (Å²) in [6.07, 6.45) is 0. The van der Waals surface area contributed by atoms with E-state index >= 15 is 0 Å². The third-order valence-corrected chi connectivity index (χ3v) is 7.66. The Kier molecular flexibility index (Phi) is 6.19. The van der Waals surface area contributed by atoms with Crippen molar-refractivity contribution in [1.82, 2.24) is 4.90 Å². The molecule has 0 N–H and O–H groups in total. The van der Waals surface area contributed by atoms with E-state index < -0.39 is 10.0 Å². The quantitative estimate of drug-likeness (QED) is 0.595. The molecule has 0 atom stereocenters. The molecule has 7 heteroatoms. The Morgan fingerprint density at radius 1 is 0.844 bits per heavy atom. The highest BCUT2D eigenvalue weighted by Gasteiger charge is 2.25. The van der Waals surface area contributed by atoms with Gasteiger partial charge in [0.2, 0.25) is 0 Å². The SMILES string of the molecule is Cc1cc(C(=O)N2CCN(c3ccccc3)CC2)ccc1N(C)S(=O)(=O)c1ccccc1. The maximum absolute atomic E-state index is 13.1. The number of aryl methyl sites for hydroxylation is 1. The molecule has 6 nitrogen and oxygen atoms in total. The summed E-state index contributed by atoms with van der Waals surface area (Å²) in [6.45, 7) is 4.69. The Bertz CT molecular complexity index is 1190. The van der Waals surface area contributed by atoms with Gasteiger partial charge in [-0.05, 0) is 55.0 Å². The molecule has 1 amide bonds. The van der Waals surface area contributed by atoms with E-state index in [4.69, 9.17) is 0 Å². The van der Waals surface area contributed by atoms with E-state index in [1.54, 1.807) is 48.5 Å². The summed E-state index contributed by atoms with van der Waals surface area (Å²) >= 11 is 0. The van der Waals surface area contributed by atoms with Gasteiger partial charge >= 0.3 is 0 Å². The van der Waals surface area contributed by atoms with E-state index in [2.05, 4.69) is 17.0 Å². The third kappa shape index (κ3) is 4.34. The van der Waals surface area contributed by atoms with Crippen molar-refractivity contribution in [3.05, 3.63) is 90.0 Å². The Hall–Kier alpha value is -3.32. The Labute approximate surface area is 189 Å². The van der Waals surface area contributed by atoms with Crippen molar-refractivity contribution in [3.63, 3.8) is 0 Å². The van der Waals surface area contributed by atoms with Crippen molar-refractivity contribution >= 4 is 27.3 Å². The van der Waals surface area contributed by atoms with Crippen molar-refractivity contribution in [2.45, 2.75) is 11.8 Å². The first-order valence-corrected chi connectivity index (χ1v) is 12.1. The van der Waals surface area contributed by atoms with Crippen LogP contribution in [0.1, 0.15) is 15.9 Å². The number of piperazine rings is 1. The van der Waals surface area contributed by atoms with Gasteiger partial charge in [0.1, 0.15) is 0 Å². The molecule has 1 heterocycles. The highest BCUT2D eigenvalue weighted by Crippen LogP contribution is 2.27. The van der Waals surface area contributed by atoms with Gasteiger partial charge in [-0.25, -0.2) is 8.42 Å². The number of rotatable bonds is 5. The molecule has 0 spiro atoms. The first-order valence-electron chi connectivity index (χ1n) is 10.6. The number of para-hydroxylation sites is 1. The van der Waals surface area contributed by atoms with Crippen LogP contribution in [0.25, 0.3) is 0 Å². The van der Waals surface area contributed by atoms with Gasteiger partial charge in [-0.15, -0.1) is 0 Å².